The Balaban J connectivity index is 1.99. The van der Waals surface area contributed by atoms with Crippen molar-refractivity contribution in [1.29, 1.82) is 0 Å². The topological polar surface area (TPSA) is 70.1 Å². The van der Waals surface area contributed by atoms with Gasteiger partial charge in [-0.15, -0.1) is 0 Å². The lowest BCUT2D eigenvalue weighted by Crippen LogP contribution is -2.48. The van der Waals surface area contributed by atoms with Gasteiger partial charge in [0, 0.05) is 33.6 Å². The molecule has 0 saturated carbocycles. The van der Waals surface area contributed by atoms with Crippen LogP contribution in [-0.4, -0.2) is 54.7 Å². The van der Waals surface area contributed by atoms with Crippen molar-refractivity contribution in [2.45, 2.75) is 110 Å². The van der Waals surface area contributed by atoms with Gasteiger partial charge in [0.2, 0.25) is 5.91 Å². The van der Waals surface area contributed by atoms with Crippen molar-refractivity contribution in [2.24, 2.45) is 0 Å². The lowest BCUT2D eigenvalue weighted by molar-refractivity contribution is -0.136. The van der Waals surface area contributed by atoms with Crippen molar-refractivity contribution in [3.05, 3.63) is 64.7 Å². The summed E-state index contributed by atoms with van der Waals surface area (Å²) in [6.45, 7) is 12.2. The Bertz CT molecular complexity index is 1110. The van der Waals surface area contributed by atoms with E-state index in [0.29, 0.717) is 19.5 Å². The van der Waals surface area contributed by atoms with Gasteiger partial charge in [0.15, 0.2) is 0 Å². The molecule has 0 aliphatic carbocycles. The number of amides is 2. The molecule has 40 heavy (non-hydrogen) atoms. The zero-order valence-corrected chi connectivity index (χ0v) is 26.5. The van der Waals surface area contributed by atoms with Gasteiger partial charge < -0.3 is 19.6 Å². The molecule has 6 nitrogen and oxygen atoms in total. The number of carboxylic acid groups (broad SMARTS) is 1. The number of fused-ring (bicyclic) bond motifs is 1. The van der Waals surface area contributed by atoms with Crippen LogP contribution in [0.1, 0.15) is 87.1 Å². The molecule has 0 aromatic heterocycles. The van der Waals surface area contributed by atoms with E-state index in [4.69, 9.17) is 4.74 Å². The number of hydrogen-bond donors (Lipinski definition) is 1. The number of hydrogen-bond acceptors (Lipinski definition) is 3. The van der Waals surface area contributed by atoms with E-state index in [1.165, 1.54) is 10.5 Å². The molecule has 3 rings (SSSR count). The molecule has 0 fully saturated rings. The third kappa shape index (κ3) is 8.60. The van der Waals surface area contributed by atoms with Crippen molar-refractivity contribution < 1.29 is 19.4 Å². The van der Waals surface area contributed by atoms with Gasteiger partial charge in [0.05, 0.1) is 13.2 Å². The summed E-state index contributed by atoms with van der Waals surface area (Å²) in [6, 6.07) is 15.5. The van der Waals surface area contributed by atoms with Gasteiger partial charge in [-0.2, -0.15) is 0 Å². The summed E-state index contributed by atoms with van der Waals surface area (Å²) in [4.78, 5) is 29.5. The van der Waals surface area contributed by atoms with Crippen LogP contribution in [0.15, 0.2) is 42.5 Å². The Morgan fingerprint density at radius 1 is 1.02 bits per heavy atom. The maximum Gasteiger partial charge on any atom is 0.407 e. The highest BCUT2D eigenvalue weighted by molar-refractivity contribution is 6.76. The zero-order valence-electron chi connectivity index (χ0n) is 25.5. The number of carbonyl (C=O) groups excluding carboxylic acids is 1. The van der Waals surface area contributed by atoms with Crippen LogP contribution in [-0.2, 0) is 17.8 Å². The van der Waals surface area contributed by atoms with E-state index in [0.717, 1.165) is 73.4 Å². The van der Waals surface area contributed by atoms with E-state index >= 15 is 0 Å². The number of benzene rings is 2. The second-order valence-corrected chi connectivity index (χ2v) is 18.1. The third-order valence-corrected chi connectivity index (χ3v) is 9.76. The predicted molar refractivity (Wildman–Crippen MR) is 166 cm³/mol. The number of ether oxygens (including phenoxy) is 1. The van der Waals surface area contributed by atoms with Crippen molar-refractivity contribution >= 4 is 20.1 Å². The number of methoxy groups -OCH3 is 1. The minimum Gasteiger partial charge on any atom is -0.497 e. The Hall–Kier alpha value is -2.80. The molecule has 2 atom stereocenters. The maximum absolute atomic E-state index is 14.0. The minimum absolute atomic E-state index is 0.138. The highest BCUT2D eigenvalue weighted by Gasteiger charge is 2.38. The SMILES string of the molecule is CCCCCN(Cc1ccc([C@H]2c3ccc(OC)cc3C[C@H](CCCC)N2C(=O)CC[Si](C)(C)C)cc1)C(=O)O. The Morgan fingerprint density at radius 2 is 1.73 bits per heavy atom. The molecule has 1 aliphatic rings. The van der Waals surface area contributed by atoms with Gasteiger partial charge in [-0.25, -0.2) is 4.79 Å². The predicted octanol–water partition coefficient (Wildman–Crippen LogP) is 8.13. The van der Waals surface area contributed by atoms with Crippen LogP contribution in [0, 0.1) is 0 Å². The van der Waals surface area contributed by atoms with Gasteiger partial charge in [0.1, 0.15) is 5.75 Å². The van der Waals surface area contributed by atoms with E-state index < -0.39 is 14.2 Å². The summed E-state index contributed by atoms with van der Waals surface area (Å²) in [5, 5.41) is 9.72. The fourth-order valence-electron chi connectivity index (χ4n) is 5.67. The lowest BCUT2D eigenvalue weighted by atomic mass is 9.82. The molecule has 0 bridgehead atoms. The van der Waals surface area contributed by atoms with Crippen molar-refractivity contribution in [3.63, 3.8) is 0 Å². The first-order chi connectivity index (χ1) is 19.1. The summed E-state index contributed by atoms with van der Waals surface area (Å²) in [5.74, 6) is 1.09. The summed E-state index contributed by atoms with van der Waals surface area (Å²) in [7, 11) is 0.321. The molecule has 0 radical (unpaired) electrons. The van der Waals surface area contributed by atoms with Gasteiger partial charge >= 0.3 is 6.09 Å². The van der Waals surface area contributed by atoms with Crippen molar-refractivity contribution in [1.82, 2.24) is 9.80 Å². The number of rotatable bonds is 14. The van der Waals surface area contributed by atoms with Crippen LogP contribution >= 0.6 is 0 Å². The number of unbranched alkanes of at least 4 members (excludes halogenated alkanes) is 3. The van der Waals surface area contributed by atoms with Crippen molar-refractivity contribution in [2.75, 3.05) is 13.7 Å². The molecular weight excluding hydrogens is 516 g/mol. The molecule has 0 saturated heterocycles. The summed E-state index contributed by atoms with van der Waals surface area (Å²) >= 11 is 0. The molecule has 1 aliphatic heterocycles. The molecule has 2 amide bonds. The molecular formula is C33H50N2O4Si. The molecule has 2 aromatic rings. The van der Waals surface area contributed by atoms with E-state index in [2.05, 4.69) is 62.7 Å². The maximum atomic E-state index is 14.0. The second kappa shape index (κ2) is 14.7. The first-order valence-electron chi connectivity index (χ1n) is 15.1. The van der Waals surface area contributed by atoms with Crippen LogP contribution in [0.3, 0.4) is 0 Å². The standard InChI is InChI=1S/C33H50N2O4Si/c1-7-9-11-20-34(33(37)38)24-25-13-15-26(16-14-25)32-30-18-17-29(39-3)23-27(30)22-28(12-10-8-2)35(32)31(36)19-21-40(4,5)6/h13-18,23,28,32H,7-12,19-22,24H2,1-6H3,(H,37,38)/t28-,32-/m0/s1. The smallest absolute Gasteiger partial charge is 0.407 e. The first-order valence-corrected chi connectivity index (χ1v) is 18.8. The monoisotopic (exact) mass is 566 g/mol. The fraction of sp³-hybridized carbons (Fsp3) is 0.576. The third-order valence-electron chi connectivity index (χ3n) is 8.01. The van der Waals surface area contributed by atoms with E-state index in [1.807, 2.05) is 18.2 Å². The molecule has 1 N–H and O–H groups in total. The highest BCUT2D eigenvalue weighted by Crippen LogP contribution is 2.41. The quantitative estimate of drug-likeness (QED) is 0.185. The summed E-state index contributed by atoms with van der Waals surface area (Å²) in [5.41, 5.74) is 4.45. The van der Waals surface area contributed by atoms with E-state index in [1.54, 1.807) is 7.11 Å². The van der Waals surface area contributed by atoms with E-state index in [9.17, 15) is 14.7 Å². The Morgan fingerprint density at radius 3 is 2.33 bits per heavy atom. The minimum atomic E-state index is -1.38. The summed E-state index contributed by atoms with van der Waals surface area (Å²) in [6.07, 6.45) is 6.65. The van der Waals surface area contributed by atoms with Crippen LogP contribution in [0.25, 0.3) is 0 Å². The zero-order chi connectivity index (χ0) is 29.3. The fourth-order valence-corrected chi connectivity index (χ4v) is 6.63. The van der Waals surface area contributed by atoms with Gasteiger partial charge in [-0.1, -0.05) is 89.5 Å². The summed E-state index contributed by atoms with van der Waals surface area (Å²) < 4.78 is 5.57. The second-order valence-electron chi connectivity index (χ2n) is 12.5. The number of carbonyl (C=O) groups is 2. The molecule has 1 heterocycles. The van der Waals surface area contributed by atoms with Gasteiger partial charge in [0.25, 0.3) is 0 Å². The van der Waals surface area contributed by atoms with Crippen LogP contribution in [0.5, 0.6) is 5.75 Å². The first kappa shape index (κ1) is 31.7. The van der Waals surface area contributed by atoms with Crippen LogP contribution < -0.4 is 4.74 Å². The molecule has 2 aromatic carbocycles. The lowest BCUT2D eigenvalue weighted by Gasteiger charge is -2.44. The van der Waals surface area contributed by atoms with Gasteiger partial charge in [-0.05, 0) is 59.7 Å². The molecule has 7 heteroatoms. The average Bonchev–Trinajstić information content (AvgIpc) is 2.93. The Labute approximate surface area is 242 Å². The van der Waals surface area contributed by atoms with Crippen LogP contribution in [0.4, 0.5) is 4.79 Å². The molecule has 0 unspecified atom stereocenters. The van der Waals surface area contributed by atoms with E-state index in [-0.39, 0.29) is 18.0 Å². The molecule has 0 spiro atoms. The molecule has 220 valence electrons. The van der Waals surface area contributed by atoms with Crippen molar-refractivity contribution in [3.8, 4) is 5.75 Å². The van der Waals surface area contributed by atoms with Crippen LogP contribution in [0.2, 0.25) is 25.7 Å². The van der Waals surface area contributed by atoms with Gasteiger partial charge in [-0.3, -0.25) is 4.79 Å². The Kier molecular flexibility index (Phi) is 11.7. The average molecular weight is 567 g/mol. The largest absolute Gasteiger partial charge is 0.497 e. The highest BCUT2D eigenvalue weighted by atomic mass is 28.3. The normalized spacial score (nSPS) is 16.9. The number of nitrogens with zero attached hydrogens (tertiary/aromatic N) is 2.